The van der Waals surface area contributed by atoms with Gasteiger partial charge in [-0.3, -0.25) is 9.69 Å². The largest absolute Gasteiger partial charge is 0.392 e. The summed E-state index contributed by atoms with van der Waals surface area (Å²) in [5.41, 5.74) is 0.486. The average Bonchev–Trinajstić information content (AvgIpc) is 2.96. The number of carbonyl (C=O) groups excluding carboxylic acids is 1. The van der Waals surface area contributed by atoms with Crippen LogP contribution in [-0.4, -0.2) is 66.7 Å². The Morgan fingerprint density at radius 2 is 2.43 bits per heavy atom. The summed E-state index contributed by atoms with van der Waals surface area (Å²) in [5, 5.41) is 23.9. The third-order valence-corrected chi connectivity index (χ3v) is 4.30. The van der Waals surface area contributed by atoms with Crippen molar-refractivity contribution in [1.29, 1.82) is 5.26 Å². The first-order chi connectivity index (χ1) is 9.99. The van der Waals surface area contributed by atoms with Crippen LogP contribution in [0.5, 0.6) is 0 Å². The maximum absolute atomic E-state index is 12.1. The number of nitrogens with one attached hydrogen (secondary N) is 1. The number of anilines is 1. The van der Waals surface area contributed by atoms with Crippen LogP contribution in [0.4, 0.5) is 5.00 Å². The van der Waals surface area contributed by atoms with E-state index in [0.717, 1.165) is 6.54 Å². The minimum absolute atomic E-state index is 0.146. The number of nitrogens with zero attached hydrogens (tertiary/aromatic N) is 3. The molecule has 0 aromatic carbocycles. The number of nitriles is 1. The predicted octanol–water partition coefficient (Wildman–Crippen LogP) is 0.555. The second-order valence-electron chi connectivity index (χ2n) is 5.56. The summed E-state index contributed by atoms with van der Waals surface area (Å²) in [6.45, 7) is 1.56. The predicted molar refractivity (Wildman–Crippen MR) is 82.2 cm³/mol. The minimum atomic E-state index is -0.376. The Balaban J connectivity index is 1.94. The number of hydrogen-bond donors (Lipinski definition) is 2. The number of aliphatic hydroxyl groups excluding tert-OH is 1. The number of likely N-dealkylation sites (N-methyl/N-ethyl adjacent to an activating group) is 1. The second kappa shape index (κ2) is 7.00. The third kappa shape index (κ3) is 4.25. The van der Waals surface area contributed by atoms with Crippen LogP contribution in [0.2, 0.25) is 0 Å². The molecule has 0 aliphatic carbocycles. The van der Waals surface area contributed by atoms with Gasteiger partial charge in [0.05, 0.1) is 18.2 Å². The Morgan fingerprint density at radius 1 is 1.67 bits per heavy atom. The normalized spacial score (nSPS) is 22.4. The van der Waals surface area contributed by atoms with E-state index in [2.05, 4.69) is 16.3 Å². The quantitative estimate of drug-likeness (QED) is 0.831. The fourth-order valence-electron chi connectivity index (χ4n) is 2.61. The van der Waals surface area contributed by atoms with Gasteiger partial charge in [0.2, 0.25) is 5.91 Å². The summed E-state index contributed by atoms with van der Waals surface area (Å²) in [5.74, 6) is -0.146. The van der Waals surface area contributed by atoms with Crippen LogP contribution in [0.3, 0.4) is 0 Å². The molecule has 6 nitrogen and oxygen atoms in total. The lowest BCUT2D eigenvalue weighted by Gasteiger charge is -2.25. The molecule has 0 bridgehead atoms. The first-order valence-corrected chi connectivity index (χ1v) is 7.72. The van der Waals surface area contributed by atoms with Crippen molar-refractivity contribution in [2.75, 3.05) is 39.0 Å². The van der Waals surface area contributed by atoms with E-state index in [-0.39, 0.29) is 24.6 Å². The van der Waals surface area contributed by atoms with Crippen LogP contribution in [-0.2, 0) is 4.79 Å². The SMILES string of the molecule is CN(C)CC1CC(O)CN1CC(=O)Nc1sccc1C#N. The summed E-state index contributed by atoms with van der Waals surface area (Å²) < 4.78 is 0. The summed E-state index contributed by atoms with van der Waals surface area (Å²) in [4.78, 5) is 16.2. The highest BCUT2D eigenvalue weighted by atomic mass is 32.1. The Morgan fingerprint density at radius 3 is 3.10 bits per heavy atom. The molecule has 1 saturated heterocycles. The van der Waals surface area contributed by atoms with E-state index in [4.69, 9.17) is 5.26 Å². The van der Waals surface area contributed by atoms with Gasteiger partial charge in [0.15, 0.2) is 0 Å². The molecule has 1 aromatic heterocycles. The van der Waals surface area contributed by atoms with Gasteiger partial charge < -0.3 is 15.3 Å². The Labute approximate surface area is 128 Å². The molecule has 2 heterocycles. The van der Waals surface area contributed by atoms with Crippen molar-refractivity contribution < 1.29 is 9.90 Å². The molecule has 0 spiro atoms. The topological polar surface area (TPSA) is 79.6 Å². The van der Waals surface area contributed by atoms with E-state index in [1.54, 1.807) is 11.4 Å². The van der Waals surface area contributed by atoms with Gasteiger partial charge >= 0.3 is 0 Å². The molecule has 21 heavy (non-hydrogen) atoms. The molecule has 1 amide bonds. The lowest BCUT2D eigenvalue weighted by Crippen LogP contribution is -2.41. The first-order valence-electron chi connectivity index (χ1n) is 6.84. The van der Waals surface area contributed by atoms with Gasteiger partial charge in [-0.2, -0.15) is 5.26 Å². The van der Waals surface area contributed by atoms with Gasteiger partial charge in [-0.25, -0.2) is 0 Å². The van der Waals surface area contributed by atoms with Crippen molar-refractivity contribution in [3.05, 3.63) is 17.0 Å². The lowest BCUT2D eigenvalue weighted by atomic mass is 10.2. The summed E-state index contributed by atoms with van der Waals surface area (Å²) in [6.07, 6.45) is 0.313. The van der Waals surface area contributed by atoms with Crippen molar-refractivity contribution in [3.63, 3.8) is 0 Å². The molecular formula is C14H20N4O2S. The number of likely N-dealkylation sites (tertiary alicyclic amines) is 1. The molecule has 2 unspecified atom stereocenters. The van der Waals surface area contributed by atoms with Gasteiger partial charge in [-0.15, -0.1) is 11.3 Å². The molecule has 114 valence electrons. The van der Waals surface area contributed by atoms with E-state index in [0.29, 0.717) is 23.5 Å². The maximum atomic E-state index is 12.1. The van der Waals surface area contributed by atoms with Crippen LogP contribution < -0.4 is 5.32 Å². The number of rotatable bonds is 5. The monoisotopic (exact) mass is 308 g/mol. The molecule has 1 aliphatic heterocycles. The minimum Gasteiger partial charge on any atom is -0.392 e. The smallest absolute Gasteiger partial charge is 0.239 e. The number of hydrogen-bond acceptors (Lipinski definition) is 6. The van der Waals surface area contributed by atoms with Gasteiger partial charge in [0, 0.05) is 19.1 Å². The number of amides is 1. The molecule has 7 heteroatoms. The highest BCUT2D eigenvalue weighted by Crippen LogP contribution is 2.23. The first kappa shape index (κ1) is 15.9. The van der Waals surface area contributed by atoms with Crippen LogP contribution in [0, 0.1) is 11.3 Å². The van der Waals surface area contributed by atoms with Crippen LogP contribution >= 0.6 is 11.3 Å². The molecule has 1 aromatic rings. The molecule has 2 N–H and O–H groups in total. The van der Waals surface area contributed by atoms with Gasteiger partial charge in [0.25, 0.3) is 0 Å². The van der Waals surface area contributed by atoms with E-state index < -0.39 is 0 Å². The molecule has 0 radical (unpaired) electrons. The van der Waals surface area contributed by atoms with E-state index in [9.17, 15) is 9.90 Å². The standard InChI is InChI=1S/C14H20N4O2S/c1-17(2)7-11-5-12(19)8-18(11)9-13(20)16-14-10(6-15)3-4-21-14/h3-4,11-12,19H,5,7-9H2,1-2H3,(H,16,20). The molecular weight excluding hydrogens is 288 g/mol. The molecule has 2 atom stereocenters. The zero-order valence-corrected chi connectivity index (χ0v) is 13.1. The van der Waals surface area contributed by atoms with E-state index >= 15 is 0 Å². The van der Waals surface area contributed by atoms with Crippen LogP contribution in [0.15, 0.2) is 11.4 Å². The van der Waals surface area contributed by atoms with Crippen molar-refractivity contribution in [3.8, 4) is 6.07 Å². The van der Waals surface area contributed by atoms with Crippen LogP contribution in [0.25, 0.3) is 0 Å². The fourth-order valence-corrected chi connectivity index (χ4v) is 3.36. The highest BCUT2D eigenvalue weighted by molar-refractivity contribution is 7.14. The van der Waals surface area contributed by atoms with E-state index in [1.807, 2.05) is 19.0 Å². The Kier molecular flexibility index (Phi) is 5.31. The average molecular weight is 308 g/mol. The summed E-state index contributed by atoms with van der Waals surface area (Å²) >= 11 is 1.34. The van der Waals surface area contributed by atoms with Gasteiger partial charge in [-0.05, 0) is 32.0 Å². The van der Waals surface area contributed by atoms with Crippen molar-refractivity contribution in [2.24, 2.45) is 0 Å². The van der Waals surface area contributed by atoms with Gasteiger partial charge in [-0.1, -0.05) is 0 Å². The molecule has 2 rings (SSSR count). The highest BCUT2D eigenvalue weighted by Gasteiger charge is 2.32. The fraction of sp³-hybridized carbons (Fsp3) is 0.571. The molecule has 1 fully saturated rings. The second-order valence-corrected chi connectivity index (χ2v) is 6.47. The van der Waals surface area contributed by atoms with E-state index in [1.165, 1.54) is 11.3 Å². The van der Waals surface area contributed by atoms with Crippen molar-refractivity contribution >= 4 is 22.2 Å². The number of carbonyl (C=O) groups is 1. The maximum Gasteiger partial charge on any atom is 0.239 e. The summed E-state index contributed by atoms with van der Waals surface area (Å²) in [7, 11) is 3.96. The number of thiophene rings is 1. The summed E-state index contributed by atoms with van der Waals surface area (Å²) in [6, 6.07) is 3.92. The van der Waals surface area contributed by atoms with Crippen molar-refractivity contribution in [1.82, 2.24) is 9.80 Å². The molecule has 1 aliphatic rings. The zero-order chi connectivity index (χ0) is 15.4. The Hall–Kier alpha value is -1.46. The molecule has 0 saturated carbocycles. The third-order valence-electron chi connectivity index (χ3n) is 3.47. The van der Waals surface area contributed by atoms with Crippen molar-refractivity contribution in [2.45, 2.75) is 18.6 Å². The van der Waals surface area contributed by atoms with Gasteiger partial charge in [0.1, 0.15) is 11.1 Å². The lowest BCUT2D eigenvalue weighted by molar-refractivity contribution is -0.117. The number of β-amino-alcohol motifs (C(OH)–C–C–N with tert-alkyl or cyclic N) is 1. The Bertz CT molecular complexity index is 537. The van der Waals surface area contributed by atoms with Crippen LogP contribution in [0.1, 0.15) is 12.0 Å². The zero-order valence-electron chi connectivity index (χ0n) is 12.2. The number of aliphatic hydroxyl groups is 1.